The molecule has 18 heteroatoms. The van der Waals surface area contributed by atoms with Gasteiger partial charge in [0.25, 0.3) is 5.91 Å². The molecule has 4 aromatic heterocycles. The average Bonchev–Trinajstić information content (AvgIpc) is 3.91. The second-order valence-electron chi connectivity index (χ2n) is 14.0. The minimum atomic E-state index is -0.600. The van der Waals surface area contributed by atoms with Gasteiger partial charge < -0.3 is 36.4 Å². The number of rotatable bonds is 16. The third-order valence-corrected chi connectivity index (χ3v) is 9.80. The van der Waals surface area contributed by atoms with E-state index in [2.05, 4.69) is 30.7 Å². The Kier molecular flexibility index (Phi) is 15.6. The normalized spacial score (nSPS) is 13.2. The van der Waals surface area contributed by atoms with Crippen molar-refractivity contribution < 1.29 is 19.1 Å². The van der Waals surface area contributed by atoms with Crippen LogP contribution in [0, 0.1) is 12.8 Å². The van der Waals surface area contributed by atoms with E-state index in [-0.39, 0.29) is 23.8 Å². The van der Waals surface area contributed by atoms with Crippen molar-refractivity contribution >= 4 is 62.4 Å². The van der Waals surface area contributed by atoms with E-state index in [0.717, 1.165) is 25.0 Å². The zero-order chi connectivity index (χ0) is 45.1. The number of nitrogens with zero attached hydrogens (tertiary/aromatic N) is 9. The number of ether oxygens (including phenoxy) is 1. The van der Waals surface area contributed by atoms with Gasteiger partial charge in [-0.1, -0.05) is 39.8 Å². The zero-order valence-electron chi connectivity index (χ0n) is 36.8. The molecular formula is C44H58N14O4. The Labute approximate surface area is 360 Å². The fraction of sp³-hybridized carbons (Fsp3) is 0.386. The largest absolute Gasteiger partial charge is 0.491 e. The lowest BCUT2D eigenvalue weighted by Gasteiger charge is -2.26. The molecule has 0 saturated carbocycles. The summed E-state index contributed by atoms with van der Waals surface area (Å²) in [6.07, 6.45) is 7.97. The molecule has 0 spiro atoms. The number of nitrogens with two attached hydrogens (primary N) is 3. The topological polar surface area (TPSA) is 254 Å². The summed E-state index contributed by atoms with van der Waals surface area (Å²) in [5, 5.41) is 12.1. The molecular weight excluding hydrogens is 789 g/mol. The number of anilines is 1. The third kappa shape index (κ3) is 10.1. The number of aromatic nitrogens is 8. The molecule has 1 aliphatic rings. The minimum Gasteiger partial charge on any atom is -0.491 e. The molecule has 62 heavy (non-hydrogen) atoms. The summed E-state index contributed by atoms with van der Waals surface area (Å²) >= 11 is 0. The number of aliphatic imine (C=N–C) groups is 1. The van der Waals surface area contributed by atoms with Crippen LogP contribution in [0.5, 0.6) is 5.75 Å². The van der Waals surface area contributed by atoms with Gasteiger partial charge in [0.1, 0.15) is 22.9 Å². The van der Waals surface area contributed by atoms with E-state index in [1.54, 1.807) is 48.1 Å². The zero-order valence-corrected chi connectivity index (χ0v) is 36.8. The van der Waals surface area contributed by atoms with Crippen LogP contribution >= 0.6 is 0 Å². The van der Waals surface area contributed by atoms with E-state index >= 15 is 0 Å². The lowest BCUT2D eigenvalue weighted by molar-refractivity contribution is -0.110. The molecule has 0 radical (unpaired) electrons. The van der Waals surface area contributed by atoms with Crippen molar-refractivity contribution in [2.75, 3.05) is 31.6 Å². The maximum absolute atomic E-state index is 13.4. The number of fused-ring (bicyclic) bond motifs is 4. The molecule has 7 rings (SSSR count). The van der Waals surface area contributed by atoms with Gasteiger partial charge in [-0.25, -0.2) is 24.6 Å². The van der Waals surface area contributed by atoms with Gasteiger partial charge in [0.15, 0.2) is 11.6 Å². The minimum absolute atomic E-state index is 0.149. The van der Waals surface area contributed by atoms with Crippen LogP contribution in [0.1, 0.15) is 81.4 Å². The molecule has 1 fully saturated rings. The molecule has 0 unspecified atom stereocenters. The Morgan fingerprint density at radius 2 is 1.65 bits per heavy atom. The molecule has 5 heterocycles. The monoisotopic (exact) mass is 846 g/mol. The van der Waals surface area contributed by atoms with Gasteiger partial charge in [-0.15, -0.1) is 0 Å². The number of primary amides is 2. The number of carbonyl (C=O) groups is 3. The van der Waals surface area contributed by atoms with E-state index in [4.69, 9.17) is 31.9 Å². The van der Waals surface area contributed by atoms with E-state index in [1.807, 2.05) is 69.8 Å². The maximum Gasteiger partial charge on any atom is 0.276 e. The Morgan fingerprint density at radius 1 is 0.935 bits per heavy atom. The maximum atomic E-state index is 13.4. The Hall–Kier alpha value is -6.95. The van der Waals surface area contributed by atoms with E-state index in [0.29, 0.717) is 94.1 Å². The van der Waals surface area contributed by atoms with Crippen molar-refractivity contribution in [2.45, 2.75) is 81.4 Å². The summed E-state index contributed by atoms with van der Waals surface area (Å²) in [6, 6.07) is 8.35. The van der Waals surface area contributed by atoms with Gasteiger partial charge in [-0.05, 0) is 89.5 Å². The molecule has 8 N–H and O–H groups in total. The van der Waals surface area contributed by atoms with Crippen LogP contribution in [0.15, 0.2) is 65.4 Å². The number of allylic oxidation sites excluding steroid dienone is 3. The fourth-order valence-corrected chi connectivity index (χ4v) is 6.89. The molecule has 328 valence electrons. The highest BCUT2D eigenvalue weighted by Gasteiger charge is 2.23. The standard InChI is InChI=1S/C40H46N14O4.2C2H6/c1-5-45-30(15-22(3)41)39(57)50-40-48-29-17-25(34(42)55)9-10-31(29)52(40)12-7-8-13-53-33-27(16-26(35(43)56)18-32(33)58-14-11-24-19-44-20-24)28-21-46-36(49-37(28)53)38-47-23(4)51-54(38)6-2;2*1-2/h7-10,15-18,21,24,44H,5-6,11-14,19-20,41H2,1-4H3,(H2,42,55)(H2,43,56)(H,48,50,57);2*1-2H3/b8-7+,22-15-,45-30?;;. The highest BCUT2D eigenvalue weighted by molar-refractivity contribution is 6.47. The van der Waals surface area contributed by atoms with Crippen LogP contribution in [-0.4, -0.2) is 88.5 Å². The van der Waals surface area contributed by atoms with Crippen molar-refractivity contribution in [3.8, 4) is 17.4 Å². The second-order valence-corrected chi connectivity index (χ2v) is 14.0. The lowest BCUT2D eigenvalue weighted by Crippen LogP contribution is -2.42. The number of benzene rings is 2. The number of nitrogens with one attached hydrogen (secondary N) is 2. The average molecular weight is 847 g/mol. The first-order chi connectivity index (χ1) is 29.9. The fourth-order valence-electron chi connectivity index (χ4n) is 6.89. The summed E-state index contributed by atoms with van der Waals surface area (Å²) in [5.41, 5.74) is 20.9. The van der Waals surface area contributed by atoms with Crippen LogP contribution in [0.25, 0.3) is 44.6 Å². The molecule has 0 atom stereocenters. The molecule has 3 amide bonds. The van der Waals surface area contributed by atoms with Gasteiger partial charge in [0.2, 0.25) is 17.8 Å². The summed E-state index contributed by atoms with van der Waals surface area (Å²) in [4.78, 5) is 61.3. The summed E-state index contributed by atoms with van der Waals surface area (Å²) < 4.78 is 12.0. The van der Waals surface area contributed by atoms with Crippen molar-refractivity contribution in [3.05, 3.63) is 77.4 Å². The molecule has 2 aromatic carbocycles. The van der Waals surface area contributed by atoms with Crippen LogP contribution in [-0.2, 0) is 24.4 Å². The second kappa shape index (κ2) is 21.0. The number of carbonyl (C=O) groups excluding carboxylic acids is 3. The lowest BCUT2D eigenvalue weighted by atomic mass is 10.0. The van der Waals surface area contributed by atoms with Crippen molar-refractivity contribution in [1.29, 1.82) is 0 Å². The molecule has 6 aromatic rings. The molecule has 18 nitrogen and oxygen atoms in total. The Bertz CT molecular complexity index is 2660. The van der Waals surface area contributed by atoms with Crippen LogP contribution in [0.2, 0.25) is 0 Å². The van der Waals surface area contributed by atoms with Crippen LogP contribution < -0.4 is 32.6 Å². The van der Waals surface area contributed by atoms with Crippen molar-refractivity contribution in [2.24, 2.45) is 28.1 Å². The number of amides is 3. The first kappa shape index (κ1) is 46.1. The van der Waals surface area contributed by atoms with E-state index in [1.165, 1.54) is 6.08 Å². The summed E-state index contributed by atoms with van der Waals surface area (Å²) in [7, 11) is 0. The van der Waals surface area contributed by atoms with E-state index < -0.39 is 17.7 Å². The predicted molar refractivity (Wildman–Crippen MR) is 244 cm³/mol. The highest BCUT2D eigenvalue weighted by atomic mass is 16.5. The SMILES string of the molecule is CC.CC.CCN=C(/C=C(/C)N)C(=O)Nc1nc2cc(C(N)=O)ccc2n1C/C=C/Cn1c2nc(-c3nc(C)nn3CC)ncc2c2cc(C(N)=O)cc(OCCC3CNC3)c21. The van der Waals surface area contributed by atoms with E-state index in [9.17, 15) is 14.4 Å². The molecule has 1 saturated heterocycles. The number of hydrogen-bond donors (Lipinski definition) is 5. The van der Waals surface area contributed by atoms with Gasteiger partial charge in [0, 0.05) is 60.0 Å². The first-order valence-corrected chi connectivity index (χ1v) is 21.1. The quantitative estimate of drug-likeness (QED) is 0.0619. The number of aryl methyl sites for hydroxylation is 2. The van der Waals surface area contributed by atoms with Crippen LogP contribution in [0.3, 0.4) is 0 Å². The van der Waals surface area contributed by atoms with Crippen LogP contribution in [0.4, 0.5) is 5.95 Å². The Balaban J connectivity index is 0.00000176. The number of hydrogen-bond acceptors (Lipinski definition) is 12. The van der Waals surface area contributed by atoms with Gasteiger partial charge >= 0.3 is 0 Å². The van der Waals surface area contributed by atoms with Gasteiger partial charge in [0.05, 0.1) is 23.2 Å². The molecule has 1 aliphatic heterocycles. The number of imidazole rings is 1. The summed E-state index contributed by atoms with van der Waals surface area (Å²) in [6.45, 7) is 19.1. The third-order valence-electron chi connectivity index (χ3n) is 9.80. The smallest absolute Gasteiger partial charge is 0.276 e. The summed E-state index contributed by atoms with van der Waals surface area (Å²) in [5.74, 6) is 1.10. The molecule has 0 aliphatic carbocycles. The predicted octanol–water partition coefficient (Wildman–Crippen LogP) is 5.28. The van der Waals surface area contributed by atoms with Crippen molar-refractivity contribution in [1.82, 2.24) is 44.2 Å². The van der Waals surface area contributed by atoms with Gasteiger partial charge in [-0.3, -0.25) is 24.7 Å². The Morgan fingerprint density at radius 3 is 2.27 bits per heavy atom. The molecule has 0 bridgehead atoms. The van der Waals surface area contributed by atoms with Gasteiger partial charge in [-0.2, -0.15) is 5.10 Å². The first-order valence-electron chi connectivity index (χ1n) is 21.1. The highest BCUT2D eigenvalue weighted by Crippen LogP contribution is 2.36. The van der Waals surface area contributed by atoms with Crippen molar-refractivity contribution in [3.63, 3.8) is 0 Å².